The second kappa shape index (κ2) is 2.38. The van der Waals surface area contributed by atoms with E-state index in [4.69, 9.17) is 4.52 Å². The van der Waals surface area contributed by atoms with Gasteiger partial charge in [-0.2, -0.15) is 0 Å². The summed E-state index contributed by atoms with van der Waals surface area (Å²) in [6, 6.07) is 2.03. The summed E-state index contributed by atoms with van der Waals surface area (Å²) in [5.74, 6) is 1.64. The van der Waals surface area contributed by atoms with Crippen molar-refractivity contribution in [3.8, 4) is 0 Å². The van der Waals surface area contributed by atoms with Gasteiger partial charge in [-0.3, -0.25) is 0 Å². The lowest BCUT2D eigenvalue weighted by atomic mass is 10.3. The average molecular weight is 202 g/mol. The van der Waals surface area contributed by atoms with Gasteiger partial charge in [0.15, 0.2) is 0 Å². The SMILES string of the molecule is BrCc1cc(C2CC2)no1. The van der Waals surface area contributed by atoms with Gasteiger partial charge in [-0.1, -0.05) is 21.1 Å². The van der Waals surface area contributed by atoms with Gasteiger partial charge in [0.25, 0.3) is 0 Å². The molecule has 1 aromatic heterocycles. The Hall–Kier alpha value is -0.310. The van der Waals surface area contributed by atoms with Crippen LogP contribution in [0.25, 0.3) is 0 Å². The highest BCUT2D eigenvalue weighted by atomic mass is 79.9. The van der Waals surface area contributed by atoms with Gasteiger partial charge in [-0.05, 0) is 12.8 Å². The second-order valence-corrected chi connectivity index (χ2v) is 3.19. The lowest BCUT2D eigenvalue weighted by molar-refractivity contribution is 0.389. The zero-order chi connectivity index (χ0) is 6.97. The Morgan fingerprint density at radius 3 is 3.00 bits per heavy atom. The predicted octanol–water partition coefficient (Wildman–Crippen LogP) is 2.45. The molecule has 1 aliphatic carbocycles. The normalized spacial score (nSPS) is 17.7. The highest BCUT2D eigenvalue weighted by molar-refractivity contribution is 9.08. The minimum absolute atomic E-state index is 0.705. The van der Waals surface area contributed by atoms with Crippen LogP contribution < -0.4 is 0 Å². The fourth-order valence-corrected chi connectivity index (χ4v) is 1.23. The molecule has 0 aromatic carbocycles. The summed E-state index contributed by atoms with van der Waals surface area (Å²) in [5.41, 5.74) is 1.13. The van der Waals surface area contributed by atoms with E-state index in [1.807, 2.05) is 6.07 Å². The molecule has 1 aliphatic rings. The molecule has 0 N–H and O–H groups in total. The molecule has 2 rings (SSSR count). The molecule has 10 heavy (non-hydrogen) atoms. The van der Waals surface area contributed by atoms with Crippen LogP contribution in [0.15, 0.2) is 10.6 Å². The highest BCUT2D eigenvalue weighted by Gasteiger charge is 2.26. The molecule has 0 bridgehead atoms. The molecule has 0 radical (unpaired) electrons. The van der Waals surface area contributed by atoms with E-state index in [0.29, 0.717) is 5.92 Å². The first-order valence-electron chi connectivity index (χ1n) is 3.41. The van der Waals surface area contributed by atoms with Gasteiger partial charge >= 0.3 is 0 Å². The maximum atomic E-state index is 5.02. The molecule has 0 saturated heterocycles. The Morgan fingerprint density at radius 2 is 2.50 bits per heavy atom. The summed E-state index contributed by atoms with van der Waals surface area (Å²) >= 11 is 3.31. The number of nitrogens with zero attached hydrogens (tertiary/aromatic N) is 1. The Morgan fingerprint density at radius 1 is 1.70 bits per heavy atom. The Bertz CT molecular complexity index is 229. The van der Waals surface area contributed by atoms with Gasteiger partial charge in [0, 0.05) is 12.0 Å². The largest absolute Gasteiger partial charge is 0.360 e. The number of aromatic nitrogens is 1. The lowest BCUT2D eigenvalue weighted by Gasteiger charge is -1.79. The van der Waals surface area contributed by atoms with Crippen molar-refractivity contribution in [1.82, 2.24) is 5.16 Å². The lowest BCUT2D eigenvalue weighted by Crippen LogP contribution is -1.73. The monoisotopic (exact) mass is 201 g/mol. The fourth-order valence-electron chi connectivity index (χ4n) is 0.963. The standard InChI is InChI=1S/C7H8BrNO/c8-4-6-3-7(9-10-6)5-1-2-5/h3,5H,1-2,4H2. The molecule has 0 spiro atoms. The summed E-state index contributed by atoms with van der Waals surface area (Å²) in [5, 5.41) is 4.71. The van der Waals surface area contributed by atoms with Gasteiger partial charge in [-0.15, -0.1) is 0 Å². The fraction of sp³-hybridized carbons (Fsp3) is 0.571. The average Bonchev–Trinajstić information content (AvgIpc) is 2.70. The smallest absolute Gasteiger partial charge is 0.147 e. The second-order valence-electron chi connectivity index (χ2n) is 2.63. The van der Waals surface area contributed by atoms with E-state index < -0.39 is 0 Å². The third-order valence-electron chi connectivity index (χ3n) is 1.70. The Balaban J connectivity index is 2.19. The summed E-state index contributed by atoms with van der Waals surface area (Å²) < 4.78 is 5.02. The van der Waals surface area contributed by atoms with Gasteiger partial charge in [-0.25, -0.2) is 0 Å². The van der Waals surface area contributed by atoms with E-state index in [1.54, 1.807) is 0 Å². The third-order valence-corrected chi connectivity index (χ3v) is 2.26. The molecule has 1 fully saturated rings. The predicted molar refractivity (Wildman–Crippen MR) is 41.1 cm³/mol. The van der Waals surface area contributed by atoms with E-state index in [2.05, 4.69) is 21.1 Å². The first-order chi connectivity index (χ1) is 4.90. The van der Waals surface area contributed by atoms with Crippen LogP contribution in [0.1, 0.15) is 30.2 Å². The molecule has 1 saturated carbocycles. The van der Waals surface area contributed by atoms with Gasteiger partial charge in [0.1, 0.15) is 5.76 Å². The van der Waals surface area contributed by atoms with Crippen LogP contribution in [0.3, 0.4) is 0 Å². The van der Waals surface area contributed by atoms with Crippen molar-refractivity contribution in [3.05, 3.63) is 17.5 Å². The minimum Gasteiger partial charge on any atom is -0.360 e. The summed E-state index contributed by atoms with van der Waals surface area (Å²) in [6.45, 7) is 0. The van der Waals surface area contributed by atoms with Crippen LogP contribution in [0, 0.1) is 0 Å². The number of alkyl halides is 1. The van der Waals surface area contributed by atoms with E-state index in [1.165, 1.54) is 12.8 Å². The van der Waals surface area contributed by atoms with Gasteiger partial charge in [0.05, 0.1) is 11.0 Å². The maximum absolute atomic E-state index is 5.02. The van der Waals surface area contributed by atoms with E-state index in [0.717, 1.165) is 16.8 Å². The summed E-state index contributed by atoms with van der Waals surface area (Å²) in [7, 11) is 0. The van der Waals surface area contributed by atoms with Crippen molar-refractivity contribution in [3.63, 3.8) is 0 Å². The molecular weight excluding hydrogens is 194 g/mol. The molecule has 1 heterocycles. The van der Waals surface area contributed by atoms with Crippen molar-refractivity contribution in [2.45, 2.75) is 24.1 Å². The summed E-state index contributed by atoms with van der Waals surface area (Å²) in [6.07, 6.45) is 2.57. The summed E-state index contributed by atoms with van der Waals surface area (Å²) in [4.78, 5) is 0. The van der Waals surface area contributed by atoms with Crippen molar-refractivity contribution >= 4 is 15.9 Å². The molecule has 2 nitrogen and oxygen atoms in total. The zero-order valence-corrected chi connectivity index (χ0v) is 7.10. The number of hydrogen-bond donors (Lipinski definition) is 0. The molecule has 0 aliphatic heterocycles. The molecule has 54 valence electrons. The zero-order valence-electron chi connectivity index (χ0n) is 5.51. The molecule has 0 amide bonds. The van der Waals surface area contributed by atoms with Crippen LogP contribution >= 0.6 is 15.9 Å². The van der Waals surface area contributed by atoms with Crippen molar-refractivity contribution in [2.24, 2.45) is 0 Å². The molecular formula is C7H8BrNO. The maximum Gasteiger partial charge on any atom is 0.147 e. The van der Waals surface area contributed by atoms with Crippen LogP contribution in [-0.4, -0.2) is 5.16 Å². The molecule has 0 unspecified atom stereocenters. The van der Waals surface area contributed by atoms with Crippen LogP contribution in [0.5, 0.6) is 0 Å². The van der Waals surface area contributed by atoms with Crippen LogP contribution in [-0.2, 0) is 5.33 Å². The quantitative estimate of drug-likeness (QED) is 0.688. The number of rotatable bonds is 2. The third kappa shape index (κ3) is 1.10. The number of hydrogen-bond acceptors (Lipinski definition) is 2. The van der Waals surface area contributed by atoms with Gasteiger partial charge in [0.2, 0.25) is 0 Å². The van der Waals surface area contributed by atoms with Crippen molar-refractivity contribution in [2.75, 3.05) is 0 Å². The van der Waals surface area contributed by atoms with Crippen LogP contribution in [0.4, 0.5) is 0 Å². The minimum atomic E-state index is 0.705. The van der Waals surface area contributed by atoms with Crippen LogP contribution in [0.2, 0.25) is 0 Å². The molecule has 1 aromatic rings. The highest BCUT2D eigenvalue weighted by Crippen LogP contribution is 2.39. The van der Waals surface area contributed by atoms with E-state index >= 15 is 0 Å². The first-order valence-corrected chi connectivity index (χ1v) is 4.54. The Kier molecular flexibility index (Phi) is 1.52. The van der Waals surface area contributed by atoms with Crippen molar-refractivity contribution in [1.29, 1.82) is 0 Å². The molecule has 0 atom stereocenters. The van der Waals surface area contributed by atoms with E-state index in [9.17, 15) is 0 Å². The van der Waals surface area contributed by atoms with Gasteiger partial charge < -0.3 is 4.52 Å². The van der Waals surface area contributed by atoms with Crippen molar-refractivity contribution < 1.29 is 4.52 Å². The first kappa shape index (κ1) is 6.40. The molecule has 3 heteroatoms. The van der Waals surface area contributed by atoms with E-state index in [-0.39, 0.29) is 0 Å². The Labute approximate surface area is 67.7 Å². The topological polar surface area (TPSA) is 26.0 Å². The number of halogens is 1.